The van der Waals surface area contributed by atoms with E-state index < -0.39 is 12.0 Å². The largest absolute Gasteiger partial charge is 0.480 e. The molecule has 0 bridgehead atoms. The van der Waals surface area contributed by atoms with E-state index in [0.717, 1.165) is 5.69 Å². The van der Waals surface area contributed by atoms with E-state index >= 15 is 0 Å². The molecule has 14 heavy (non-hydrogen) atoms. The summed E-state index contributed by atoms with van der Waals surface area (Å²) in [6, 6.07) is 8.66. The predicted octanol–water partition coefficient (Wildman–Crippen LogP) is 2.13. The first-order valence-electron chi connectivity index (χ1n) is 4.39. The highest BCUT2D eigenvalue weighted by molar-refractivity contribution is 5.77. The number of hydrogen-bond acceptors (Lipinski definition) is 2. The fraction of sp³-hybridized carbons (Fsp3) is 0.182. The Morgan fingerprint density at radius 2 is 2.14 bits per heavy atom. The number of nitrogens with one attached hydrogen (secondary N) is 1. The smallest absolute Gasteiger partial charge is 0.326 e. The van der Waals surface area contributed by atoms with E-state index in [1.807, 2.05) is 30.3 Å². The second kappa shape index (κ2) is 5.07. The van der Waals surface area contributed by atoms with E-state index in [4.69, 9.17) is 5.11 Å². The molecule has 1 unspecified atom stereocenters. The van der Waals surface area contributed by atoms with Gasteiger partial charge >= 0.3 is 5.97 Å². The Balaban J connectivity index is 2.64. The highest BCUT2D eigenvalue weighted by Crippen LogP contribution is 2.09. The van der Waals surface area contributed by atoms with Gasteiger partial charge in [-0.3, -0.25) is 0 Å². The van der Waals surface area contributed by atoms with Crippen molar-refractivity contribution >= 4 is 11.7 Å². The summed E-state index contributed by atoms with van der Waals surface area (Å²) in [6.07, 6.45) is 2.00. The molecule has 1 aromatic rings. The van der Waals surface area contributed by atoms with Gasteiger partial charge in [0.05, 0.1) is 0 Å². The minimum absolute atomic E-state index is 0.407. The van der Waals surface area contributed by atoms with Crippen molar-refractivity contribution in [1.29, 1.82) is 0 Å². The SMILES string of the molecule is C=CCC(Nc1ccccc1)C(=O)O. The van der Waals surface area contributed by atoms with Crippen molar-refractivity contribution in [1.82, 2.24) is 0 Å². The maximum Gasteiger partial charge on any atom is 0.326 e. The van der Waals surface area contributed by atoms with E-state index in [0.29, 0.717) is 6.42 Å². The van der Waals surface area contributed by atoms with Gasteiger partial charge in [0.2, 0.25) is 0 Å². The quantitative estimate of drug-likeness (QED) is 0.701. The first kappa shape index (κ1) is 10.3. The third kappa shape index (κ3) is 2.94. The molecule has 3 heteroatoms. The predicted molar refractivity (Wildman–Crippen MR) is 56.3 cm³/mol. The van der Waals surface area contributed by atoms with Crippen LogP contribution in [0.25, 0.3) is 0 Å². The molecule has 0 aliphatic heterocycles. The number of rotatable bonds is 5. The summed E-state index contributed by atoms with van der Waals surface area (Å²) in [5.41, 5.74) is 0.807. The summed E-state index contributed by atoms with van der Waals surface area (Å²) in [6.45, 7) is 3.52. The number of benzene rings is 1. The van der Waals surface area contributed by atoms with Crippen LogP contribution in [0.2, 0.25) is 0 Å². The average Bonchev–Trinajstić information content (AvgIpc) is 2.18. The second-order valence-corrected chi connectivity index (χ2v) is 2.93. The van der Waals surface area contributed by atoms with Crippen molar-refractivity contribution in [3.63, 3.8) is 0 Å². The lowest BCUT2D eigenvalue weighted by Crippen LogP contribution is -2.28. The first-order chi connectivity index (χ1) is 6.74. The molecule has 0 radical (unpaired) electrons. The van der Waals surface area contributed by atoms with Gasteiger partial charge in [-0.2, -0.15) is 0 Å². The van der Waals surface area contributed by atoms with Gasteiger partial charge in [0.25, 0.3) is 0 Å². The van der Waals surface area contributed by atoms with Crippen molar-refractivity contribution in [3.05, 3.63) is 43.0 Å². The van der Waals surface area contributed by atoms with Crippen molar-refractivity contribution < 1.29 is 9.90 Å². The van der Waals surface area contributed by atoms with Crippen LogP contribution in [0.4, 0.5) is 5.69 Å². The van der Waals surface area contributed by atoms with E-state index in [1.165, 1.54) is 0 Å². The van der Waals surface area contributed by atoms with Gasteiger partial charge in [-0.1, -0.05) is 24.3 Å². The van der Waals surface area contributed by atoms with Gasteiger partial charge in [-0.05, 0) is 18.6 Å². The molecule has 0 amide bonds. The van der Waals surface area contributed by atoms with Gasteiger partial charge in [0.1, 0.15) is 6.04 Å². The van der Waals surface area contributed by atoms with Crippen LogP contribution in [0.15, 0.2) is 43.0 Å². The molecule has 1 rings (SSSR count). The zero-order chi connectivity index (χ0) is 10.4. The van der Waals surface area contributed by atoms with Crippen molar-refractivity contribution in [2.75, 3.05) is 5.32 Å². The fourth-order valence-electron chi connectivity index (χ4n) is 1.12. The molecule has 3 nitrogen and oxygen atoms in total. The lowest BCUT2D eigenvalue weighted by Gasteiger charge is -2.13. The molecule has 0 aliphatic carbocycles. The Morgan fingerprint density at radius 1 is 1.50 bits per heavy atom. The summed E-state index contributed by atoms with van der Waals surface area (Å²) in [5.74, 6) is -0.867. The molecular weight excluding hydrogens is 178 g/mol. The lowest BCUT2D eigenvalue weighted by atomic mass is 10.2. The van der Waals surface area contributed by atoms with Crippen LogP contribution >= 0.6 is 0 Å². The third-order valence-electron chi connectivity index (χ3n) is 1.82. The number of carbonyl (C=O) groups is 1. The van der Waals surface area contributed by atoms with Crippen LogP contribution < -0.4 is 5.32 Å². The normalized spacial score (nSPS) is 11.7. The summed E-state index contributed by atoms with van der Waals surface area (Å²) in [4.78, 5) is 10.8. The van der Waals surface area contributed by atoms with E-state index in [2.05, 4.69) is 11.9 Å². The van der Waals surface area contributed by atoms with Gasteiger partial charge in [-0.15, -0.1) is 6.58 Å². The Labute approximate surface area is 83.1 Å². The highest BCUT2D eigenvalue weighted by Gasteiger charge is 2.14. The number of para-hydroxylation sites is 1. The van der Waals surface area contributed by atoms with Crippen molar-refractivity contribution in [3.8, 4) is 0 Å². The van der Waals surface area contributed by atoms with Crippen LogP contribution in [-0.4, -0.2) is 17.1 Å². The summed E-state index contributed by atoms with van der Waals surface area (Å²) < 4.78 is 0. The van der Waals surface area contributed by atoms with Crippen LogP contribution in [-0.2, 0) is 4.79 Å². The number of anilines is 1. The van der Waals surface area contributed by atoms with Crippen LogP contribution in [0, 0.1) is 0 Å². The minimum atomic E-state index is -0.867. The minimum Gasteiger partial charge on any atom is -0.480 e. The third-order valence-corrected chi connectivity index (χ3v) is 1.82. The fourth-order valence-corrected chi connectivity index (χ4v) is 1.12. The summed E-state index contributed by atoms with van der Waals surface area (Å²) in [5, 5.41) is 11.8. The standard InChI is InChI=1S/C11H13NO2/c1-2-6-10(11(13)14)12-9-7-4-3-5-8-9/h2-5,7-8,10,12H,1,6H2,(H,13,14). The number of carboxylic acid groups (broad SMARTS) is 1. The van der Waals surface area contributed by atoms with Crippen LogP contribution in [0.5, 0.6) is 0 Å². The maximum atomic E-state index is 10.8. The molecule has 0 fully saturated rings. The zero-order valence-corrected chi connectivity index (χ0v) is 7.81. The number of hydrogen-bond donors (Lipinski definition) is 2. The highest BCUT2D eigenvalue weighted by atomic mass is 16.4. The molecule has 1 atom stereocenters. The van der Waals surface area contributed by atoms with Gasteiger partial charge in [0, 0.05) is 5.69 Å². The second-order valence-electron chi connectivity index (χ2n) is 2.93. The average molecular weight is 191 g/mol. The molecule has 0 saturated carbocycles. The van der Waals surface area contributed by atoms with Gasteiger partial charge < -0.3 is 10.4 Å². The maximum absolute atomic E-state index is 10.8. The molecular formula is C11H13NO2. The molecule has 0 spiro atoms. The van der Waals surface area contributed by atoms with E-state index in [1.54, 1.807) is 6.08 Å². The molecule has 0 saturated heterocycles. The van der Waals surface area contributed by atoms with E-state index in [9.17, 15) is 4.79 Å². The molecule has 74 valence electrons. The van der Waals surface area contributed by atoms with Crippen molar-refractivity contribution in [2.24, 2.45) is 0 Å². The molecule has 0 aliphatic rings. The molecule has 0 aromatic heterocycles. The Bertz CT molecular complexity index is 308. The lowest BCUT2D eigenvalue weighted by molar-refractivity contribution is -0.137. The summed E-state index contributed by atoms with van der Waals surface area (Å²) >= 11 is 0. The molecule has 2 N–H and O–H groups in total. The Hall–Kier alpha value is -1.77. The van der Waals surface area contributed by atoms with Crippen molar-refractivity contribution in [2.45, 2.75) is 12.5 Å². The number of aliphatic carboxylic acids is 1. The zero-order valence-electron chi connectivity index (χ0n) is 7.81. The topological polar surface area (TPSA) is 49.3 Å². The molecule has 0 heterocycles. The monoisotopic (exact) mass is 191 g/mol. The van der Waals surface area contributed by atoms with Crippen LogP contribution in [0.1, 0.15) is 6.42 Å². The van der Waals surface area contributed by atoms with E-state index in [-0.39, 0.29) is 0 Å². The Morgan fingerprint density at radius 3 is 2.64 bits per heavy atom. The number of carboxylic acids is 1. The molecule has 1 aromatic carbocycles. The van der Waals surface area contributed by atoms with Gasteiger partial charge in [0.15, 0.2) is 0 Å². The van der Waals surface area contributed by atoms with Gasteiger partial charge in [-0.25, -0.2) is 4.79 Å². The summed E-state index contributed by atoms with van der Waals surface area (Å²) in [7, 11) is 0. The van der Waals surface area contributed by atoms with Crippen LogP contribution in [0.3, 0.4) is 0 Å². The first-order valence-corrected chi connectivity index (χ1v) is 4.39. The Kier molecular flexibility index (Phi) is 3.73.